The van der Waals surface area contributed by atoms with Crippen molar-refractivity contribution in [1.82, 2.24) is 25.2 Å². The number of anilines is 1. The van der Waals surface area contributed by atoms with Crippen LogP contribution in [0.4, 0.5) is 11.5 Å². The van der Waals surface area contributed by atoms with Crippen LogP contribution in [0.15, 0.2) is 42.7 Å². The number of nitrogens with one attached hydrogen (secondary N) is 2. The smallest absolute Gasteiger partial charge is 0.276 e. The molecular weight excluding hydrogens is 350 g/mol. The van der Waals surface area contributed by atoms with E-state index in [0.717, 1.165) is 5.56 Å². The number of hydrogen-bond acceptors (Lipinski definition) is 7. The number of aryl methyl sites for hydroxylation is 2. The summed E-state index contributed by atoms with van der Waals surface area (Å²) in [5.74, 6) is -0.471. The van der Waals surface area contributed by atoms with E-state index in [2.05, 4.69) is 25.9 Å². The molecule has 138 valence electrons. The van der Waals surface area contributed by atoms with Crippen molar-refractivity contribution in [2.75, 3.05) is 5.43 Å². The van der Waals surface area contributed by atoms with E-state index >= 15 is 0 Å². The van der Waals surface area contributed by atoms with Gasteiger partial charge < -0.3 is 0 Å². The molecule has 0 aliphatic rings. The van der Waals surface area contributed by atoms with Crippen molar-refractivity contribution in [2.24, 2.45) is 0 Å². The number of carbonyl (C=O) groups is 1. The van der Waals surface area contributed by atoms with Gasteiger partial charge in [0.15, 0.2) is 0 Å². The van der Waals surface area contributed by atoms with E-state index in [1.165, 1.54) is 11.0 Å². The highest BCUT2D eigenvalue weighted by atomic mass is 16.6. The van der Waals surface area contributed by atoms with Crippen molar-refractivity contribution in [3.63, 3.8) is 0 Å². The molecule has 0 radical (unpaired) electrons. The molecule has 0 spiro atoms. The second kappa shape index (κ2) is 7.60. The second-order valence-corrected chi connectivity index (χ2v) is 5.83. The Labute approximate surface area is 154 Å². The molecule has 3 rings (SSSR count). The molecule has 0 aliphatic carbocycles. The molecule has 2 heterocycles. The number of nitrogens with zero attached hydrogens (tertiary/aromatic N) is 5. The predicted molar refractivity (Wildman–Crippen MR) is 97.2 cm³/mol. The maximum absolute atomic E-state index is 12.1. The minimum absolute atomic E-state index is 0.0143. The summed E-state index contributed by atoms with van der Waals surface area (Å²) in [7, 11) is 0. The zero-order chi connectivity index (χ0) is 19.4. The van der Waals surface area contributed by atoms with Crippen molar-refractivity contribution in [2.45, 2.75) is 20.3 Å². The number of hydrogen-bond donors (Lipinski definition) is 2. The SMILES string of the molecule is Cc1cc(C)n(-c2ncnc(NNC(=O)Cc3ccccc3)c2[N+](=O)[O-])n1. The van der Waals surface area contributed by atoms with Gasteiger partial charge in [0.1, 0.15) is 6.33 Å². The third kappa shape index (κ3) is 4.06. The van der Waals surface area contributed by atoms with Gasteiger partial charge in [0.05, 0.1) is 17.0 Å². The van der Waals surface area contributed by atoms with Crippen molar-refractivity contribution in [1.29, 1.82) is 0 Å². The van der Waals surface area contributed by atoms with Gasteiger partial charge in [-0.25, -0.2) is 14.6 Å². The normalized spacial score (nSPS) is 10.4. The van der Waals surface area contributed by atoms with Gasteiger partial charge in [-0.2, -0.15) is 5.10 Å². The zero-order valence-corrected chi connectivity index (χ0v) is 14.7. The Bertz CT molecular complexity index is 985. The Balaban J connectivity index is 1.83. The van der Waals surface area contributed by atoms with Crippen LogP contribution in [0.3, 0.4) is 0 Å². The monoisotopic (exact) mass is 367 g/mol. The van der Waals surface area contributed by atoms with Gasteiger partial charge in [0.2, 0.25) is 17.5 Å². The summed E-state index contributed by atoms with van der Waals surface area (Å²) in [6.45, 7) is 3.54. The highest BCUT2D eigenvalue weighted by Crippen LogP contribution is 2.27. The van der Waals surface area contributed by atoms with Crippen LogP contribution in [0.25, 0.3) is 5.82 Å². The van der Waals surface area contributed by atoms with Crippen LogP contribution in [0.5, 0.6) is 0 Å². The van der Waals surface area contributed by atoms with E-state index in [0.29, 0.717) is 11.4 Å². The van der Waals surface area contributed by atoms with E-state index in [1.807, 2.05) is 30.3 Å². The average Bonchev–Trinajstić information content (AvgIpc) is 2.98. The molecule has 0 saturated carbocycles. The van der Waals surface area contributed by atoms with Gasteiger partial charge in [-0.3, -0.25) is 25.8 Å². The third-order valence-electron chi connectivity index (χ3n) is 3.72. The lowest BCUT2D eigenvalue weighted by molar-refractivity contribution is -0.384. The lowest BCUT2D eigenvalue weighted by Crippen LogP contribution is -2.31. The van der Waals surface area contributed by atoms with Gasteiger partial charge in [-0.15, -0.1) is 0 Å². The summed E-state index contributed by atoms with van der Waals surface area (Å²) in [6, 6.07) is 10.9. The topological polar surface area (TPSA) is 128 Å². The fourth-order valence-electron chi connectivity index (χ4n) is 2.58. The van der Waals surface area contributed by atoms with E-state index in [1.54, 1.807) is 19.9 Å². The molecule has 0 fully saturated rings. The van der Waals surface area contributed by atoms with E-state index in [9.17, 15) is 14.9 Å². The first-order valence-electron chi connectivity index (χ1n) is 8.07. The summed E-state index contributed by atoms with van der Waals surface area (Å²) in [6.07, 6.45) is 1.29. The number of amides is 1. The number of aromatic nitrogens is 4. The highest BCUT2D eigenvalue weighted by Gasteiger charge is 2.26. The van der Waals surface area contributed by atoms with Crippen molar-refractivity contribution in [3.8, 4) is 5.82 Å². The quantitative estimate of drug-likeness (QED) is 0.503. The van der Waals surface area contributed by atoms with Gasteiger partial charge in [-0.05, 0) is 25.5 Å². The molecule has 0 aliphatic heterocycles. The summed E-state index contributed by atoms with van der Waals surface area (Å²) >= 11 is 0. The fourth-order valence-corrected chi connectivity index (χ4v) is 2.58. The van der Waals surface area contributed by atoms with Crippen LogP contribution in [0.1, 0.15) is 17.0 Å². The fraction of sp³-hybridized carbons (Fsp3) is 0.176. The van der Waals surface area contributed by atoms with Crippen LogP contribution in [0, 0.1) is 24.0 Å². The number of rotatable bonds is 6. The summed E-state index contributed by atoms with van der Waals surface area (Å²) < 4.78 is 1.37. The first-order valence-corrected chi connectivity index (χ1v) is 8.07. The lowest BCUT2D eigenvalue weighted by atomic mass is 10.1. The highest BCUT2D eigenvalue weighted by molar-refractivity contribution is 5.80. The molecule has 0 unspecified atom stereocenters. The second-order valence-electron chi connectivity index (χ2n) is 5.83. The van der Waals surface area contributed by atoms with Crippen LogP contribution >= 0.6 is 0 Å². The van der Waals surface area contributed by atoms with Gasteiger partial charge in [0, 0.05) is 5.69 Å². The van der Waals surface area contributed by atoms with Gasteiger partial charge in [0.25, 0.3) is 0 Å². The van der Waals surface area contributed by atoms with E-state index < -0.39 is 4.92 Å². The minimum atomic E-state index is -0.614. The standard InChI is InChI=1S/C17H17N7O3/c1-11-8-12(2)23(22-11)17-15(24(26)27)16(18-10-19-17)21-20-14(25)9-13-6-4-3-5-7-13/h3-8,10H,9H2,1-2H3,(H,20,25)(H,18,19,21). The molecule has 1 aromatic carbocycles. The molecule has 1 amide bonds. The van der Waals surface area contributed by atoms with Crippen LogP contribution in [0.2, 0.25) is 0 Å². The molecule has 0 bridgehead atoms. The molecular formula is C17H17N7O3. The summed E-state index contributed by atoms with van der Waals surface area (Å²) in [4.78, 5) is 30.9. The predicted octanol–water partition coefficient (Wildman–Crippen LogP) is 1.87. The third-order valence-corrected chi connectivity index (χ3v) is 3.72. The van der Waals surface area contributed by atoms with Crippen molar-refractivity contribution in [3.05, 3.63) is 69.8 Å². The molecule has 2 N–H and O–H groups in total. The van der Waals surface area contributed by atoms with Crippen LogP contribution in [-0.2, 0) is 11.2 Å². The Morgan fingerprint density at radius 2 is 1.96 bits per heavy atom. The molecule has 2 aromatic heterocycles. The first-order chi connectivity index (χ1) is 13.0. The zero-order valence-electron chi connectivity index (χ0n) is 14.7. The minimum Gasteiger partial charge on any atom is -0.276 e. The Hall–Kier alpha value is -3.82. The Kier molecular flexibility index (Phi) is 5.06. The van der Waals surface area contributed by atoms with Crippen molar-refractivity contribution < 1.29 is 9.72 Å². The molecule has 3 aromatic rings. The number of benzene rings is 1. The average molecular weight is 367 g/mol. The maximum Gasteiger partial charge on any atom is 0.357 e. The van der Waals surface area contributed by atoms with E-state index in [-0.39, 0.29) is 29.7 Å². The molecule has 27 heavy (non-hydrogen) atoms. The Morgan fingerprint density at radius 3 is 2.59 bits per heavy atom. The van der Waals surface area contributed by atoms with Crippen molar-refractivity contribution >= 4 is 17.4 Å². The van der Waals surface area contributed by atoms with Gasteiger partial charge in [-0.1, -0.05) is 30.3 Å². The van der Waals surface area contributed by atoms with Gasteiger partial charge >= 0.3 is 5.69 Å². The van der Waals surface area contributed by atoms with E-state index in [4.69, 9.17) is 0 Å². The van der Waals surface area contributed by atoms with Crippen LogP contribution < -0.4 is 10.9 Å². The molecule has 10 nitrogen and oxygen atoms in total. The molecule has 0 atom stereocenters. The first kappa shape index (κ1) is 18.0. The molecule has 0 saturated heterocycles. The number of nitro groups is 1. The molecule has 10 heteroatoms. The number of carbonyl (C=O) groups excluding carboxylic acids is 1. The Morgan fingerprint density at radius 1 is 1.22 bits per heavy atom. The maximum atomic E-state index is 12.1. The van der Waals surface area contributed by atoms with Crippen LogP contribution in [-0.4, -0.2) is 30.6 Å². The largest absolute Gasteiger partial charge is 0.357 e. The number of hydrazine groups is 1. The lowest BCUT2D eigenvalue weighted by Gasteiger charge is -2.10. The summed E-state index contributed by atoms with van der Waals surface area (Å²) in [5.41, 5.74) is 6.77. The summed E-state index contributed by atoms with van der Waals surface area (Å²) in [5, 5.41) is 15.8.